The average molecular weight is 374 g/mol. The molecule has 0 unspecified atom stereocenters. The van der Waals surface area contributed by atoms with E-state index in [0.29, 0.717) is 10.1 Å². The van der Waals surface area contributed by atoms with Gasteiger partial charge in [-0.2, -0.15) is 13.2 Å². The smallest absolute Gasteiger partial charge is 0.431 e. The van der Waals surface area contributed by atoms with Crippen LogP contribution in [-0.2, 0) is 13.2 Å². The second kappa shape index (κ2) is 5.36. The third-order valence-corrected chi connectivity index (χ3v) is 3.88. The molecule has 0 saturated carbocycles. The molecular weight excluding hydrogens is 360 g/mol. The molecule has 2 aromatic rings. The summed E-state index contributed by atoms with van der Waals surface area (Å²) >= 11 is 0. The maximum atomic E-state index is 14.6. The van der Waals surface area contributed by atoms with Crippen LogP contribution in [0.3, 0.4) is 0 Å². The quantitative estimate of drug-likeness (QED) is 0.720. The van der Waals surface area contributed by atoms with Crippen molar-refractivity contribution in [2.45, 2.75) is 32.7 Å². The van der Waals surface area contributed by atoms with Crippen molar-refractivity contribution in [1.29, 1.82) is 0 Å². The van der Waals surface area contributed by atoms with Gasteiger partial charge in [-0.3, -0.25) is 9.36 Å². The second-order valence-electron chi connectivity index (χ2n) is 6.33. The molecule has 0 fully saturated rings. The number of ether oxygens (including phenoxy) is 2. The molecule has 1 aliphatic rings. The molecule has 1 aromatic heterocycles. The minimum atomic E-state index is -4.92. The van der Waals surface area contributed by atoms with Crippen LogP contribution in [0.25, 0.3) is 5.69 Å². The molecule has 0 N–H and O–H groups in total. The predicted octanol–water partition coefficient (Wildman–Crippen LogP) is 2.51. The zero-order chi connectivity index (χ0) is 19.6. The van der Waals surface area contributed by atoms with Crippen molar-refractivity contribution in [2.24, 2.45) is 7.05 Å². The molecule has 0 spiro atoms. The van der Waals surface area contributed by atoms with Crippen LogP contribution in [0.1, 0.15) is 25.1 Å². The molecule has 0 amide bonds. The number of hydrogen-bond donors (Lipinski definition) is 0. The first-order valence-electron chi connectivity index (χ1n) is 7.45. The van der Waals surface area contributed by atoms with Gasteiger partial charge in [-0.15, -0.1) is 0 Å². The fourth-order valence-electron chi connectivity index (χ4n) is 2.76. The second-order valence-corrected chi connectivity index (χ2v) is 6.33. The third kappa shape index (κ3) is 2.65. The standard InChI is InChI=1S/C16H14F4N2O4/c1-7-5-8(17)11(13-12(7)25-15(2,3)26-13)22-10(23)6-9(16(18,19)20)21(4)14(22)24/h5-6H,1-4H3. The molecule has 6 nitrogen and oxygen atoms in total. The maximum absolute atomic E-state index is 14.6. The molecule has 2 heterocycles. The van der Waals surface area contributed by atoms with Crippen molar-refractivity contribution < 1.29 is 27.0 Å². The summed E-state index contributed by atoms with van der Waals surface area (Å²) in [6, 6.07) is 1.25. The van der Waals surface area contributed by atoms with Crippen molar-refractivity contribution in [3.63, 3.8) is 0 Å². The molecule has 1 aromatic carbocycles. The Morgan fingerprint density at radius 3 is 2.23 bits per heavy atom. The number of alkyl halides is 3. The SMILES string of the molecule is Cc1cc(F)c(-n2c(=O)cc(C(F)(F)F)n(C)c2=O)c2c1OC(C)(C)O2. The first-order chi connectivity index (χ1) is 11.8. The first kappa shape index (κ1) is 18.0. The molecule has 0 saturated heterocycles. The Hall–Kier alpha value is -2.78. The van der Waals surface area contributed by atoms with Crippen LogP contribution in [0.15, 0.2) is 21.7 Å². The summed E-state index contributed by atoms with van der Waals surface area (Å²) in [5.74, 6) is -2.30. The number of fused-ring (bicyclic) bond motifs is 1. The Morgan fingerprint density at radius 2 is 1.65 bits per heavy atom. The minimum Gasteiger partial charge on any atom is -0.449 e. The summed E-state index contributed by atoms with van der Waals surface area (Å²) in [6.45, 7) is 4.59. The van der Waals surface area contributed by atoms with Crippen molar-refractivity contribution in [2.75, 3.05) is 0 Å². The van der Waals surface area contributed by atoms with Gasteiger partial charge in [0.15, 0.2) is 17.3 Å². The molecule has 26 heavy (non-hydrogen) atoms. The zero-order valence-electron chi connectivity index (χ0n) is 14.2. The molecule has 1 aliphatic heterocycles. The molecule has 0 atom stereocenters. The highest BCUT2D eigenvalue weighted by Crippen LogP contribution is 2.46. The highest BCUT2D eigenvalue weighted by molar-refractivity contribution is 5.61. The highest BCUT2D eigenvalue weighted by atomic mass is 19.4. The largest absolute Gasteiger partial charge is 0.449 e. The fourth-order valence-corrected chi connectivity index (χ4v) is 2.76. The first-order valence-corrected chi connectivity index (χ1v) is 7.45. The summed E-state index contributed by atoms with van der Waals surface area (Å²) in [6.07, 6.45) is -4.92. The van der Waals surface area contributed by atoms with Gasteiger partial charge in [-0.1, -0.05) is 0 Å². The van der Waals surface area contributed by atoms with Gasteiger partial charge in [-0.25, -0.2) is 13.8 Å². The highest BCUT2D eigenvalue weighted by Gasteiger charge is 2.39. The lowest BCUT2D eigenvalue weighted by Crippen LogP contribution is -2.41. The van der Waals surface area contributed by atoms with Gasteiger partial charge in [0.05, 0.1) is 0 Å². The van der Waals surface area contributed by atoms with Gasteiger partial charge in [-0.05, 0) is 18.6 Å². The van der Waals surface area contributed by atoms with Crippen molar-refractivity contribution in [3.05, 3.63) is 50.0 Å². The van der Waals surface area contributed by atoms with E-state index >= 15 is 0 Å². The fraction of sp³-hybridized carbons (Fsp3) is 0.375. The van der Waals surface area contributed by atoms with E-state index < -0.39 is 40.4 Å². The molecule has 0 bridgehead atoms. The van der Waals surface area contributed by atoms with Crippen molar-refractivity contribution in [3.8, 4) is 17.2 Å². The van der Waals surface area contributed by atoms with Crippen LogP contribution in [0.2, 0.25) is 0 Å². The normalized spacial score (nSPS) is 15.4. The summed E-state index contributed by atoms with van der Waals surface area (Å²) in [4.78, 5) is 24.7. The number of nitrogens with zero attached hydrogens (tertiary/aromatic N) is 2. The molecule has 0 aliphatic carbocycles. The lowest BCUT2D eigenvalue weighted by Gasteiger charge is -2.17. The molecular formula is C16H14F4N2O4. The lowest BCUT2D eigenvalue weighted by molar-refractivity contribution is -0.144. The van der Waals surface area contributed by atoms with Crippen LogP contribution in [0, 0.1) is 12.7 Å². The molecule has 140 valence electrons. The monoisotopic (exact) mass is 374 g/mol. The van der Waals surface area contributed by atoms with E-state index in [2.05, 4.69) is 0 Å². The summed E-state index contributed by atoms with van der Waals surface area (Å²) in [7, 11) is 0.842. The van der Waals surface area contributed by atoms with E-state index in [0.717, 1.165) is 13.1 Å². The van der Waals surface area contributed by atoms with Gasteiger partial charge in [0.2, 0.25) is 5.79 Å². The predicted molar refractivity (Wildman–Crippen MR) is 82.3 cm³/mol. The Morgan fingerprint density at radius 1 is 1.08 bits per heavy atom. The van der Waals surface area contributed by atoms with Crippen LogP contribution in [0.4, 0.5) is 17.6 Å². The van der Waals surface area contributed by atoms with Gasteiger partial charge in [0.1, 0.15) is 11.4 Å². The average Bonchev–Trinajstić information content (AvgIpc) is 2.81. The number of halogens is 4. The summed E-state index contributed by atoms with van der Waals surface area (Å²) < 4.78 is 65.1. The number of aromatic nitrogens is 2. The van der Waals surface area contributed by atoms with Crippen LogP contribution in [0.5, 0.6) is 11.5 Å². The minimum absolute atomic E-state index is 0.111. The summed E-state index contributed by atoms with van der Waals surface area (Å²) in [5, 5.41) is 0. The lowest BCUT2D eigenvalue weighted by atomic mass is 10.1. The van der Waals surface area contributed by atoms with Crippen molar-refractivity contribution >= 4 is 0 Å². The number of rotatable bonds is 1. The van der Waals surface area contributed by atoms with Gasteiger partial charge in [0, 0.05) is 27.0 Å². The number of aryl methyl sites for hydroxylation is 1. The van der Waals surface area contributed by atoms with Crippen molar-refractivity contribution in [1.82, 2.24) is 9.13 Å². The van der Waals surface area contributed by atoms with E-state index in [-0.39, 0.29) is 22.1 Å². The van der Waals surface area contributed by atoms with E-state index in [1.807, 2.05) is 0 Å². The van der Waals surface area contributed by atoms with Gasteiger partial charge in [0.25, 0.3) is 5.56 Å². The Kier molecular flexibility index (Phi) is 3.71. The molecule has 0 radical (unpaired) electrons. The van der Waals surface area contributed by atoms with Gasteiger partial charge < -0.3 is 9.47 Å². The van der Waals surface area contributed by atoms with E-state index in [1.165, 1.54) is 20.8 Å². The number of hydrogen-bond acceptors (Lipinski definition) is 4. The summed E-state index contributed by atoms with van der Waals surface area (Å²) in [5.41, 5.74) is -4.37. The topological polar surface area (TPSA) is 62.5 Å². The Balaban J connectivity index is 2.38. The van der Waals surface area contributed by atoms with E-state index in [1.54, 1.807) is 0 Å². The number of benzene rings is 1. The Bertz CT molecular complexity index is 1030. The molecule has 3 rings (SSSR count). The van der Waals surface area contributed by atoms with Crippen LogP contribution in [-0.4, -0.2) is 14.9 Å². The van der Waals surface area contributed by atoms with Crippen LogP contribution >= 0.6 is 0 Å². The maximum Gasteiger partial charge on any atom is 0.431 e. The zero-order valence-corrected chi connectivity index (χ0v) is 14.2. The van der Waals surface area contributed by atoms with E-state index in [9.17, 15) is 27.2 Å². The Labute approximate surface area is 144 Å². The van der Waals surface area contributed by atoms with Crippen LogP contribution < -0.4 is 20.7 Å². The third-order valence-electron chi connectivity index (χ3n) is 3.88. The molecule has 10 heteroatoms. The van der Waals surface area contributed by atoms with Gasteiger partial charge >= 0.3 is 11.9 Å². The van der Waals surface area contributed by atoms with E-state index in [4.69, 9.17) is 9.47 Å².